The summed E-state index contributed by atoms with van der Waals surface area (Å²) < 4.78 is 26.8. The first-order valence-electron chi connectivity index (χ1n) is 4.27. The van der Waals surface area contributed by atoms with Crippen LogP contribution in [0.5, 0.6) is 0 Å². The first-order chi connectivity index (χ1) is 7.01. The second kappa shape index (κ2) is 4.79. The summed E-state index contributed by atoms with van der Waals surface area (Å²) in [7, 11) is -3.85. The van der Waals surface area contributed by atoms with Crippen LogP contribution in [0.15, 0.2) is 35.7 Å². The Morgan fingerprint density at radius 3 is 2.73 bits per heavy atom. The van der Waals surface area contributed by atoms with Crippen LogP contribution in [0.25, 0.3) is 0 Å². The zero-order valence-electron chi connectivity index (χ0n) is 8.23. The van der Waals surface area contributed by atoms with E-state index in [0.717, 1.165) is 5.56 Å². The standard InChI is InChI=1S/C10H11ClO3S/c1-3-4-9-7-8(2)5-6-10(9)15(12,13)14-11/h3,5-7H,1,4H2,2H3. The highest BCUT2D eigenvalue weighted by molar-refractivity contribution is 7.87. The molecular formula is C10H11ClO3S. The molecule has 0 atom stereocenters. The summed E-state index contributed by atoms with van der Waals surface area (Å²) in [4.78, 5) is 0.0861. The molecule has 82 valence electrons. The third-order valence-electron chi connectivity index (χ3n) is 1.93. The molecule has 0 bridgehead atoms. The maximum absolute atomic E-state index is 11.4. The first kappa shape index (κ1) is 12.2. The number of hydrogen-bond donors (Lipinski definition) is 0. The summed E-state index contributed by atoms with van der Waals surface area (Å²) in [5.41, 5.74) is 1.60. The van der Waals surface area contributed by atoms with Gasteiger partial charge < -0.3 is 0 Å². The normalized spacial score (nSPS) is 11.3. The fourth-order valence-corrected chi connectivity index (χ4v) is 2.27. The van der Waals surface area contributed by atoms with Crippen molar-refractivity contribution in [3.8, 4) is 0 Å². The van der Waals surface area contributed by atoms with Gasteiger partial charge in [0.2, 0.25) is 0 Å². The van der Waals surface area contributed by atoms with Crippen molar-refractivity contribution in [3.63, 3.8) is 0 Å². The van der Waals surface area contributed by atoms with Gasteiger partial charge >= 0.3 is 10.1 Å². The van der Waals surface area contributed by atoms with Gasteiger partial charge in [-0.2, -0.15) is 12.2 Å². The lowest BCUT2D eigenvalue weighted by Gasteiger charge is -2.06. The molecule has 3 nitrogen and oxygen atoms in total. The van der Waals surface area contributed by atoms with Gasteiger partial charge in [0.05, 0.1) is 16.8 Å². The van der Waals surface area contributed by atoms with Gasteiger partial charge in [0.15, 0.2) is 0 Å². The van der Waals surface area contributed by atoms with Crippen LogP contribution in [0.3, 0.4) is 0 Å². The molecule has 0 unspecified atom stereocenters. The molecule has 0 amide bonds. The maximum atomic E-state index is 11.4. The smallest absolute Gasteiger partial charge is 0.193 e. The fourth-order valence-electron chi connectivity index (χ4n) is 1.30. The first-order valence-corrected chi connectivity index (χ1v) is 5.98. The van der Waals surface area contributed by atoms with E-state index in [2.05, 4.69) is 10.3 Å². The maximum Gasteiger partial charge on any atom is 0.313 e. The number of hydrogen-bond acceptors (Lipinski definition) is 3. The van der Waals surface area contributed by atoms with Gasteiger partial charge in [-0.1, -0.05) is 23.8 Å². The number of benzene rings is 1. The van der Waals surface area contributed by atoms with E-state index in [9.17, 15) is 8.42 Å². The van der Waals surface area contributed by atoms with Crippen molar-refractivity contribution < 1.29 is 12.2 Å². The lowest BCUT2D eigenvalue weighted by Crippen LogP contribution is -2.04. The average molecular weight is 247 g/mol. The van der Waals surface area contributed by atoms with E-state index in [-0.39, 0.29) is 4.90 Å². The van der Waals surface area contributed by atoms with Gasteiger partial charge in [0, 0.05) is 0 Å². The summed E-state index contributed by atoms with van der Waals surface area (Å²) in [5, 5.41) is 0. The minimum Gasteiger partial charge on any atom is -0.193 e. The molecule has 5 heteroatoms. The van der Waals surface area contributed by atoms with Gasteiger partial charge in [0.25, 0.3) is 0 Å². The molecule has 0 aliphatic rings. The Bertz CT molecular complexity index is 466. The Morgan fingerprint density at radius 1 is 1.53 bits per heavy atom. The number of rotatable bonds is 4. The van der Waals surface area contributed by atoms with Crippen LogP contribution in [0.1, 0.15) is 11.1 Å². The van der Waals surface area contributed by atoms with E-state index in [1.807, 2.05) is 6.92 Å². The van der Waals surface area contributed by atoms with Crippen LogP contribution in [0.4, 0.5) is 0 Å². The summed E-state index contributed by atoms with van der Waals surface area (Å²) in [6.45, 7) is 5.45. The second-order valence-electron chi connectivity index (χ2n) is 3.12. The highest BCUT2D eigenvalue weighted by atomic mass is 35.5. The zero-order valence-corrected chi connectivity index (χ0v) is 9.81. The lowest BCUT2D eigenvalue weighted by atomic mass is 10.1. The van der Waals surface area contributed by atoms with Crippen molar-refractivity contribution in [2.45, 2.75) is 18.2 Å². The minimum atomic E-state index is -3.85. The quantitative estimate of drug-likeness (QED) is 0.767. The zero-order chi connectivity index (χ0) is 11.5. The van der Waals surface area contributed by atoms with Crippen molar-refractivity contribution >= 4 is 22.0 Å². The van der Waals surface area contributed by atoms with Crippen molar-refractivity contribution in [2.75, 3.05) is 0 Å². The molecule has 1 rings (SSSR count). The van der Waals surface area contributed by atoms with Crippen molar-refractivity contribution in [3.05, 3.63) is 42.0 Å². The molecule has 0 spiro atoms. The molecule has 1 aromatic rings. The Labute approximate surface area is 94.6 Å². The second-order valence-corrected chi connectivity index (χ2v) is 4.97. The van der Waals surface area contributed by atoms with E-state index in [1.54, 1.807) is 18.2 Å². The Hall–Kier alpha value is -0.840. The van der Waals surface area contributed by atoms with Crippen molar-refractivity contribution in [1.29, 1.82) is 0 Å². The minimum absolute atomic E-state index is 0.0861. The van der Waals surface area contributed by atoms with E-state index >= 15 is 0 Å². The molecule has 0 saturated heterocycles. The van der Waals surface area contributed by atoms with Crippen LogP contribution >= 0.6 is 11.9 Å². The van der Waals surface area contributed by atoms with Gasteiger partial charge in [-0.05, 0) is 25.0 Å². The summed E-state index contributed by atoms with van der Waals surface area (Å²) >= 11 is 4.93. The highest BCUT2D eigenvalue weighted by Gasteiger charge is 2.18. The largest absolute Gasteiger partial charge is 0.313 e. The van der Waals surface area contributed by atoms with Crippen LogP contribution in [0.2, 0.25) is 0 Å². The van der Waals surface area contributed by atoms with Gasteiger partial charge in [-0.3, -0.25) is 0 Å². The Balaban J connectivity index is 3.35. The van der Waals surface area contributed by atoms with Gasteiger partial charge in [-0.15, -0.1) is 6.58 Å². The summed E-state index contributed by atoms with van der Waals surface area (Å²) in [5.74, 6) is 0. The third-order valence-corrected chi connectivity index (χ3v) is 3.53. The Kier molecular flexibility index (Phi) is 3.90. The van der Waals surface area contributed by atoms with Crippen LogP contribution in [-0.4, -0.2) is 8.42 Å². The number of aryl methyl sites for hydroxylation is 1. The third kappa shape index (κ3) is 2.81. The number of allylic oxidation sites excluding steroid dienone is 1. The lowest BCUT2D eigenvalue weighted by molar-refractivity contribution is 0.508. The van der Waals surface area contributed by atoms with Crippen molar-refractivity contribution in [2.24, 2.45) is 0 Å². The topological polar surface area (TPSA) is 43.4 Å². The molecule has 0 N–H and O–H groups in total. The molecule has 0 aromatic heterocycles. The average Bonchev–Trinajstić information content (AvgIpc) is 2.18. The highest BCUT2D eigenvalue weighted by Crippen LogP contribution is 2.21. The molecule has 1 aromatic carbocycles. The van der Waals surface area contributed by atoms with E-state index in [4.69, 9.17) is 11.9 Å². The van der Waals surface area contributed by atoms with Crippen molar-refractivity contribution in [1.82, 2.24) is 0 Å². The predicted molar refractivity (Wildman–Crippen MR) is 59.2 cm³/mol. The monoisotopic (exact) mass is 246 g/mol. The van der Waals surface area contributed by atoms with Crippen LogP contribution in [-0.2, 0) is 20.3 Å². The molecule has 0 aliphatic carbocycles. The Morgan fingerprint density at radius 2 is 2.20 bits per heavy atom. The van der Waals surface area contributed by atoms with E-state index in [0.29, 0.717) is 12.0 Å². The molecule has 0 radical (unpaired) electrons. The number of halogens is 1. The summed E-state index contributed by atoms with van der Waals surface area (Å²) in [6.07, 6.45) is 2.08. The fraction of sp³-hybridized carbons (Fsp3) is 0.200. The predicted octanol–water partition coefficient (Wildman–Crippen LogP) is 2.58. The van der Waals surface area contributed by atoms with Crippen LogP contribution in [0, 0.1) is 6.92 Å². The van der Waals surface area contributed by atoms with E-state index in [1.165, 1.54) is 6.07 Å². The van der Waals surface area contributed by atoms with E-state index < -0.39 is 10.1 Å². The molecule has 0 aliphatic heterocycles. The molecule has 0 saturated carbocycles. The van der Waals surface area contributed by atoms with Crippen LogP contribution < -0.4 is 0 Å². The molecule has 0 heterocycles. The molecular weight excluding hydrogens is 236 g/mol. The SMILES string of the molecule is C=CCc1cc(C)ccc1S(=O)(=O)OCl. The summed E-state index contributed by atoms with van der Waals surface area (Å²) in [6, 6.07) is 4.94. The molecule has 0 fully saturated rings. The van der Waals surface area contributed by atoms with Gasteiger partial charge in [-0.25, -0.2) is 0 Å². The van der Waals surface area contributed by atoms with Gasteiger partial charge in [0.1, 0.15) is 0 Å². The molecule has 15 heavy (non-hydrogen) atoms.